The van der Waals surface area contributed by atoms with Gasteiger partial charge in [-0.2, -0.15) is 0 Å². The first-order valence-corrected chi connectivity index (χ1v) is 6.17. The lowest BCUT2D eigenvalue weighted by molar-refractivity contribution is -0.137. The topological polar surface area (TPSA) is 105 Å². The summed E-state index contributed by atoms with van der Waals surface area (Å²) < 4.78 is 0. The summed E-state index contributed by atoms with van der Waals surface area (Å²) in [6.45, 7) is 1.71. The van der Waals surface area contributed by atoms with E-state index in [-0.39, 0.29) is 23.1 Å². The number of aryl methyl sites for hydroxylation is 1. The molecular formula is C11H13Cl2N3O3. The number of pyridine rings is 1. The van der Waals surface area contributed by atoms with Crippen LogP contribution in [0, 0.1) is 6.92 Å². The molecule has 0 saturated heterocycles. The van der Waals surface area contributed by atoms with Crippen molar-refractivity contribution in [3.63, 3.8) is 0 Å². The van der Waals surface area contributed by atoms with E-state index in [1.807, 2.05) is 0 Å². The summed E-state index contributed by atoms with van der Waals surface area (Å²) in [5.74, 6) is -1.53. The monoisotopic (exact) mass is 305 g/mol. The Morgan fingerprint density at radius 2 is 2.16 bits per heavy atom. The summed E-state index contributed by atoms with van der Waals surface area (Å²) >= 11 is 11.6. The van der Waals surface area contributed by atoms with Crippen molar-refractivity contribution in [3.8, 4) is 0 Å². The van der Waals surface area contributed by atoms with Crippen molar-refractivity contribution in [2.45, 2.75) is 25.8 Å². The molecule has 4 N–H and O–H groups in total. The smallest absolute Gasteiger partial charge is 0.303 e. The average molecular weight is 306 g/mol. The van der Waals surface area contributed by atoms with Crippen molar-refractivity contribution < 1.29 is 14.7 Å². The van der Waals surface area contributed by atoms with Crippen LogP contribution in [0.5, 0.6) is 0 Å². The first-order valence-electron chi connectivity index (χ1n) is 5.42. The van der Waals surface area contributed by atoms with Crippen LogP contribution in [0.1, 0.15) is 18.4 Å². The number of anilines is 1. The second-order valence-electron chi connectivity index (χ2n) is 3.96. The van der Waals surface area contributed by atoms with Crippen LogP contribution < -0.4 is 11.1 Å². The van der Waals surface area contributed by atoms with E-state index in [1.165, 1.54) is 0 Å². The maximum atomic E-state index is 11.8. The Bertz CT molecular complexity index is 485. The van der Waals surface area contributed by atoms with Gasteiger partial charge in [0.15, 0.2) is 5.15 Å². The number of aliphatic carboxylic acids is 1. The van der Waals surface area contributed by atoms with Crippen molar-refractivity contribution >= 4 is 40.8 Å². The van der Waals surface area contributed by atoms with Crippen molar-refractivity contribution in [1.29, 1.82) is 0 Å². The van der Waals surface area contributed by atoms with Gasteiger partial charge < -0.3 is 16.2 Å². The summed E-state index contributed by atoms with van der Waals surface area (Å²) in [6, 6.07) is 0.619. The number of rotatable bonds is 5. The Labute approximate surface area is 119 Å². The van der Waals surface area contributed by atoms with Gasteiger partial charge in [-0.25, -0.2) is 4.98 Å². The number of nitrogens with one attached hydrogen (secondary N) is 1. The molecule has 19 heavy (non-hydrogen) atoms. The van der Waals surface area contributed by atoms with Crippen LogP contribution >= 0.6 is 23.2 Å². The summed E-state index contributed by atoms with van der Waals surface area (Å²) in [4.78, 5) is 26.0. The highest BCUT2D eigenvalue weighted by molar-refractivity contribution is 6.34. The molecule has 0 spiro atoms. The van der Waals surface area contributed by atoms with Gasteiger partial charge in [0.2, 0.25) is 5.91 Å². The summed E-state index contributed by atoms with van der Waals surface area (Å²) in [7, 11) is 0. The number of hydrogen-bond donors (Lipinski definition) is 3. The minimum absolute atomic E-state index is 0.0405. The fourth-order valence-electron chi connectivity index (χ4n) is 1.37. The standard InChI is InChI=1S/C11H13Cl2N3O3/c1-5-4-7(12)15-10(13)9(5)16-11(19)6(14)2-3-8(17)18/h4,6H,2-3,14H2,1H3,(H,16,19)(H,17,18). The third-order valence-corrected chi connectivity index (χ3v) is 2.86. The van der Waals surface area contributed by atoms with Gasteiger partial charge in [-0.1, -0.05) is 23.2 Å². The number of aromatic nitrogens is 1. The number of amides is 1. The van der Waals surface area contributed by atoms with Crippen LogP contribution in [0.2, 0.25) is 10.3 Å². The largest absolute Gasteiger partial charge is 0.481 e. The Balaban J connectivity index is 2.74. The summed E-state index contributed by atoms with van der Waals surface area (Å²) in [5, 5.41) is 11.3. The molecule has 1 unspecified atom stereocenters. The quantitative estimate of drug-likeness (QED) is 0.720. The molecule has 104 valence electrons. The van der Waals surface area contributed by atoms with Crippen LogP contribution in [0.25, 0.3) is 0 Å². The number of hydrogen-bond acceptors (Lipinski definition) is 4. The van der Waals surface area contributed by atoms with Gasteiger partial charge in [-0.15, -0.1) is 0 Å². The lowest BCUT2D eigenvalue weighted by Gasteiger charge is -2.14. The molecule has 0 aliphatic rings. The third kappa shape index (κ3) is 4.66. The molecule has 0 saturated carbocycles. The highest BCUT2D eigenvalue weighted by Crippen LogP contribution is 2.26. The van der Waals surface area contributed by atoms with Gasteiger partial charge in [-0.05, 0) is 25.0 Å². The normalized spacial score (nSPS) is 12.0. The predicted octanol–water partition coefficient (Wildman–Crippen LogP) is 1.83. The van der Waals surface area contributed by atoms with Crippen LogP contribution in [-0.4, -0.2) is 28.0 Å². The minimum Gasteiger partial charge on any atom is -0.481 e. The molecular weight excluding hydrogens is 293 g/mol. The van der Waals surface area contributed by atoms with Gasteiger partial charge in [0, 0.05) is 6.42 Å². The van der Waals surface area contributed by atoms with Crippen molar-refractivity contribution in [2.75, 3.05) is 5.32 Å². The van der Waals surface area contributed by atoms with Crippen molar-refractivity contribution in [1.82, 2.24) is 4.98 Å². The minimum atomic E-state index is -1.01. The zero-order chi connectivity index (χ0) is 14.6. The maximum Gasteiger partial charge on any atom is 0.303 e. The van der Waals surface area contributed by atoms with E-state index < -0.39 is 17.9 Å². The number of carboxylic acids is 1. The average Bonchev–Trinajstić information content (AvgIpc) is 2.30. The zero-order valence-corrected chi connectivity index (χ0v) is 11.6. The number of halogens is 2. The predicted molar refractivity (Wildman–Crippen MR) is 72.5 cm³/mol. The number of nitrogens with two attached hydrogens (primary N) is 1. The Kier molecular flexibility index (Phi) is 5.53. The summed E-state index contributed by atoms with van der Waals surface area (Å²) in [5.41, 5.74) is 6.54. The highest BCUT2D eigenvalue weighted by atomic mass is 35.5. The second-order valence-corrected chi connectivity index (χ2v) is 4.70. The molecule has 0 fully saturated rings. The number of carbonyl (C=O) groups is 2. The van der Waals surface area contributed by atoms with Crippen LogP contribution in [0.15, 0.2) is 6.07 Å². The molecule has 0 aromatic carbocycles. The first kappa shape index (κ1) is 15.7. The van der Waals surface area contributed by atoms with E-state index in [0.717, 1.165) is 0 Å². The Morgan fingerprint density at radius 1 is 1.53 bits per heavy atom. The molecule has 1 rings (SSSR count). The molecule has 1 amide bonds. The third-order valence-electron chi connectivity index (χ3n) is 2.40. The highest BCUT2D eigenvalue weighted by Gasteiger charge is 2.18. The van der Waals surface area contributed by atoms with Crippen molar-refractivity contribution in [3.05, 3.63) is 21.9 Å². The number of carbonyl (C=O) groups excluding carboxylic acids is 1. The Morgan fingerprint density at radius 3 is 2.68 bits per heavy atom. The summed E-state index contributed by atoms with van der Waals surface area (Å²) in [6.07, 6.45) is -0.140. The number of carboxylic acid groups (broad SMARTS) is 1. The van der Waals surface area contributed by atoms with Gasteiger partial charge >= 0.3 is 5.97 Å². The van der Waals surface area contributed by atoms with E-state index in [1.54, 1.807) is 13.0 Å². The van der Waals surface area contributed by atoms with E-state index in [9.17, 15) is 9.59 Å². The van der Waals surface area contributed by atoms with E-state index >= 15 is 0 Å². The molecule has 6 nitrogen and oxygen atoms in total. The van der Waals surface area contributed by atoms with Gasteiger partial charge in [0.05, 0.1) is 11.7 Å². The molecule has 1 atom stereocenters. The SMILES string of the molecule is Cc1cc(Cl)nc(Cl)c1NC(=O)C(N)CCC(=O)O. The maximum absolute atomic E-state index is 11.8. The molecule has 1 heterocycles. The molecule has 1 aromatic rings. The molecule has 0 radical (unpaired) electrons. The lowest BCUT2D eigenvalue weighted by atomic mass is 10.1. The molecule has 0 aliphatic heterocycles. The molecule has 1 aromatic heterocycles. The van der Waals surface area contributed by atoms with Crippen LogP contribution in [0.3, 0.4) is 0 Å². The second kappa shape index (κ2) is 6.70. The van der Waals surface area contributed by atoms with Crippen LogP contribution in [0.4, 0.5) is 5.69 Å². The molecule has 0 aliphatic carbocycles. The Hall–Kier alpha value is -1.37. The van der Waals surface area contributed by atoms with E-state index in [4.69, 9.17) is 34.0 Å². The van der Waals surface area contributed by atoms with E-state index in [0.29, 0.717) is 11.3 Å². The molecule has 0 bridgehead atoms. The lowest BCUT2D eigenvalue weighted by Crippen LogP contribution is -2.36. The zero-order valence-electron chi connectivity index (χ0n) is 10.1. The first-order chi connectivity index (χ1) is 8.81. The van der Waals surface area contributed by atoms with Gasteiger partial charge in [0.25, 0.3) is 0 Å². The molecule has 8 heteroatoms. The van der Waals surface area contributed by atoms with Gasteiger partial charge in [-0.3, -0.25) is 9.59 Å². The van der Waals surface area contributed by atoms with Crippen molar-refractivity contribution in [2.24, 2.45) is 5.73 Å². The fourth-order valence-corrected chi connectivity index (χ4v) is 1.95. The fraction of sp³-hybridized carbons (Fsp3) is 0.364. The van der Waals surface area contributed by atoms with Crippen LogP contribution in [-0.2, 0) is 9.59 Å². The van der Waals surface area contributed by atoms with Gasteiger partial charge in [0.1, 0.15) is 5.15 Å². The van der Waals surface area contributed by atoms with E-state index in [2.05, 4.69) is 10.3 Å². The number of nitrogens with zero attached hydrogens (tertiary/aromatic N) is 1.